The van der Waals surface area contributed by atoms with Gasteiger partial charge in [-0.05, 0) is 44.6 Å². The van der Waals surface area contributed by atoms with E-state index in [2.05, 4.69) is 11.8 Å². The molecule has 76 valence electrons. The molecule has 0 bridgehead atoms. The molecule has 2 aliphatic rings. The first-order chi connectivity index (χ1) is 6.25. The van der Waals surface area contributed by atoms with Crippen molar-refractivity contribution in [1.82, 2.24) is 4.90 Å². The van der Waals surface area contributed by atoms with Gasteiger partial charge in [-0.25, -0.2) is 0 Å². The van der Waals surface area contributed by atoms with Crippen molar-refractivity contribution in [2.45, 2.75) is 51.2 Å². The van der Waals surface area contributed by atoms with Crippen LogP contribution in [0.2, 0.25) is 0 Å². The lowest BCUT2D eigenvalue weighted by molar-refractivity contribution is 0.0824. The molecule has 1 unspecified atom stereocenters. The first-order valence-corrected chi connectivity index (χ1v) is 5.68. The first kappa shape index (κ1) is 9.47. The van der Waals surface area contributed by atoms with Crippen molar-refractivity contribution in [2.24, 2.45) is 5.92 Å². The van der Waals surface area contributed by atoms with Crippen molar-refractivity contribution >= 4 is 0 Å². The molecule has 2 nitrogen and oxygen atoms in total. The molecule has 13 heavy (non-hydrogen) atoms. The fourth-order valence-electron chi connectivity index (χ4n) is 2.72. The maximum absolute atomic E-state index is 9.40. The van der Waals surface area contributed by atoms with Gasteiger partial charge >= 0.3 is 0 Å². The number of rotatable bonds is 1. The van der Waals surface area contributed by atoms with Crippen LogP contribution in [0.4, 0.5) is 0 Å². The zero-order valence-corrected chi connectivity index (χ0v) is 8.58. The Kier molecular flexibility index (Phi) is 2.89. The minimum absolute atomic E-state index is 0.00345. The minimum Gasteiger partial charge on any atom is -0.393 e. The summed E-state index contributed by atoms with van der Waals surface area (Å²) in [6.45, 7) is 4.93. The topological polar surface area (TPSA) is 23.5 Å². The highest BCUT2D eigenvalue weighted by molar-refractivity contribution is 4.83. The van der Waals surface area contributed by atoms with Gasteiger partial charge in [-0.1, -0.05) is 6.92 Å². The van der Waals surface area contributed by atoms with Gasteiger partial charge in [0.25, 0.3) is 0 Å². The number of aliphatic hydroxyl groups excluding tert-OH is 1. The van der Waals surface area contributed by atoms with Crippen LogP contribution in [0.25, 0.3) is 0 Å². The Balaban J connectivity index is 1.81. The normalized spacial score (nSPS) is 42.5. The summed E-state index contributed by atoms with van der Waals surface area (Å²) >= 11 is 0. The van der Waals surface area contributed by atoms with E-state index < -0.39 is 0 Å². The van der Waals surface area contributed by atoms with Gasteiger partial charge in [0.05, 0.1) is 6.10 Å². The Labute approximate surface area is 80.9 Å². The second-order valence-electron chi connectivity index (χ2n) is 4.85. The zero-order chi connectivity index (χ0) is 9.26. The number of hydrogen-bond donors (Lipinski definition) is 1. The second-order valence-corrected chi connectivity index (χ2v) is 4.85. The molecule has 0 amide bonds. The standard InChI is InChI=1S/C11H21NO/c1-9-6-7-12(8-9)10-2-4-11(13)5-3-10/h9-11,13H,2-8H2,1H3. The number of likely N-dealkylation sites (tertiary alicyclic amines) is 1. The Bertz CT molecular complexity index is 163. The predicted molar refractivity (Wildman–Crippen MR) is 53.6 cm³/mol. The molecule has 0 aromatic rings. The molecule has 2 fully saturated rings. The molecule has 1 aliphatic heterocycles. The van der Waals surface area contributed by atoms with Gasteiger partial charge in [0.1, 0.15) is 0 Å². The SMILES string of the molecule is CC1CCN(C2CCC(O)CC2)C1. The van der Waals surface area contributed by atoms with E-state index in [4.69, 9.17) is 0 Å². The molecule has 1 saturated heterocycles. The summed E-state index contributed by atoms with van der Waals surface area (Å²) in [6.07, 6.45) is 5.85. The highest BCUT2D eigenvalue weighted by atomic mass is 16.3. The van der Waals surface area contributed by atoms with Crippen molar-refractivity contribution in [3.05, 3.63) is 0 Å². The molecule has 1 N–H and O–H groups in total. The molecule has 1 heterocycles. The molecule has 0 aromatic carbocycles. The highest BCUT2D eigenvalue weighted by Crippen LogP contribution is 2.27. The summed E-state index contributed by atoms with van der Waals surface area (Å²) in [4.78, 5) is 2.64. The molecular formula is C11H21NO. The Morgan fingerprint density at radius 3 is 2.31 bits per heavy atom. The van der Waals surface area contributed by atoms with E-state index in [9.17, 15) is 5.11 Å². The van der Waals surface area contributed by atoms with Gasteiger partial charge < -0.3 is 10.0 Å². The Morgan fingerprint density at radius 2 is 1.77 bits per heavy atom. The molecule has 0 radical (unpaired) electrons. The van der Waals surface area contributed by atoms with E-state index >= 15 is 0 Å². The lowest BCUT2D eigenvalue weighted by Gasteiger charge is -2.32. The van der Waals surface area contributed by atoms with Crippen molar-refractivity contribution in [1.29, 1.82) is 0 Å². The van der Waals surface area contributed by atoms with Gasteiger partial charge in [0, 0.05) is 12.6 Å². The van der Waals surface area contributed by atoms with Crippen LogP contribution in [-0.2, 0) is 0 Å². The summed E-state index contributed by atoms with van der Waals surface area (Å²) in [5, 5.41) is 9.40. The average Bonchev–Trinajstić information content (AvgIpc) is 2.53. The van der Waals surface area contributed by atoms with Gasteiger partial charge in [0.2, 0.25) is 0 Å². The van der Waals surface area contributed by atoms with E-state index in [-0.39, 0.29) is 6.10 Å². The van der Waals surface area contributed by atoms with Gasteiger partial charge in [-0.2, -0.15) is 0 Å². The summed E-state index contributed by atoms with van der Waals surface area (Å²) in [5.74, 6) is 0.895. The smallest absolute Gasteiger partial charge is 0.0541 e. The number of hydrogen-bond acceptors (Lipinski definition) is 2. The van der Waals surface area contributed by atoms with E-state index in [1.54, 1.807) is 0 Å². The molecular weight excluding hydrogens is 162 g/mol. The van der Waals surface area contributed by atoms with Crippen molar-refractivity contribution in [3.8, 4) is 0 Å². The number of aliphatic hydroxyl groups is 1. The number of nitrogens with zero attached hydrogens (tertiary/aromatic N) is 1. The second kappa shape index (κ2) is 3.97. The third-order valence-electron chi connectivity index (χ3n) is 3.64. The monoisotopic (exact) mass is 183 g/mol. The third kappa shape index (κ3) is 2.23. The van der Waals surface area contributed by atoms with Crippen LogP contribution in [0.15, 0.2) is 0 Å². The fraction of sp³-hybridized carbons (Fsp3) is 1.00. The molecule has 0 aromatic heterocycles. The fourth-order valence-corrected chi connectivity index (χ4v) is 2.72. The molecule has 2 rings (SSSR count). The lowest BCUT2D eigenvalue weighted by atomic mass is 9.92. The molecule has 0 spiro atoms. The maximum atomic E-state index is 9.40. The van der Waals surface area contributed by atoms with E-state index in [0.717, 1.165) is 24.8 Å². The summed E-state index contributed by atoms with van der Waals surface area (Å²) in [7, 11) is 0. The first-order valence-electron chi connectivity index (χ1n) is 5.68. The summed E-state index contributed by atoms with van der Waals surface area (Å²) in [5.41, 5.74) is 0. The van der Waals surface area contributed by atoms with Crippen molar-refractivity contribution < 1.29 is 5.11 Å². The lowest BCUT2D eigenvalue weighted by Crippen LogP contribution is -2.37. The largest absolute Gasteiger partial charge is 0.393 e. The maximum Gasteiger partial charge on any atom is 0.0541 e. The summed E-state index contributed by atoms with van der Waals surface area (Å²) in [6, 6.07) is 0.786. The predicted octanol–water partition coefficient (Wildman–Crippen LogP) is 1.63. The van der Waals surface area contributed by atoms with Crippen LogP contribution < -0.4 is 0 Å². The van der Waals surface area contributed by atoms with E-state index in [1.165, 1.54) is 32.4 Å². The highest BCUT2D eigenvalue weighted by Gasteiger charge is 2.28. The van der Waals surface area contributed by atoms with Crippen LogP contribution in [0, 0.1) is 5.92 Å². The zero-order valence-electron chi connectivity index (χ0n) is 8.58. The van der Waals surface area contributed by atoms with Crippen molar-refractivity contribution in [3.63, 3.8) is 0 Å². The van der Waals surface area contributed by atoms with Crippen LogP contribution >= 0.6 is 0 Å². The molecule has 2 heteroatoms. The van der Waals surface area contributed by atoms with Gasteiger partial charge in [0.15, 0.2) is 0 Å². The van der Waals surface area contributed by atoms with E-state index in [0.29, 0.717) is 0 Å². The summed E-state index contributed by atoms with van der Waals surface area (Å²) < 4.78 is 0. The average molecular weight is 183 g/mol. The minimum atomic E-state index is -0.00345. The van der Waals surface area contributed by atoms with Crippen LogP contribution in [0.3, 0.4) is 0 Å². The quantitative estimate of drug-likeness (QED) is 0.668. The third-order valence-corrected chi connectivity index (χ3v) is 3.64. The van der Waals surface area contributed by atoms with Gasteiger partial charge in [-0.15, -0.1) is 0 Å². The van der Waals surface area contributed by atoms with Crippen LogP contribution in [0.5, 0.6) is 0 Å². The van der Waals surface area contributed by atoms with Crippen molar-refractivity contribution in [2.75, 3.05) is 13.1 Å². The molecule has 1 aliphatic carbocycles. The Hall–Kier alpha value is -0.0800. The van der Waals surface area contributed by atoms with E-state index in [1.807, 2.05) is 0 Å². The molecule has 1 atom stereocenters. The van der Waals surface area contributed by atoms with Crippen LogP contribution in [0.1, 0.15) is 39.0 Å². The Morgan fingerprint density at radius 1 is 1.08 bits per heavy atom. The van der Waals surface area contributed by atoms with Gasteiger partial charge in [-0.3, -0.25) is 0 Å². The van der Waals surface area contributed by atoms with Crippen LogP contribution in [-0.4, -0.2) is 35.2 Å². The molecule has 1 saturated carbocycles.